The van der Waals surface area contributed by atoms with Crippen molar-refractivity contribution in [1.29, 1.82) is 0 Å². The van der Waals surface area contributed by atoms with Crippen molar-refractivity contribution in [3.63, 3.8) is 0 Å². The molecule has 0 saturated carbocycles. The van der Waals surface area contributed by atoms with E-state index in [-0.39, 0.29) is 35.4 Å². The van der Waals surface area contributed by atoms with E-state index >= 15 is 0 Å². The molecule has 3 aromatic carbocycles. The number of sulfonamides is 1. The van der Waals surface area contributed by atoms with Crippen LogP contribution < -0.4 is 24.6 Å². The molecule has 0 radical (unpaired) electrons. The van der Waals surface area contributed by atoms with E-state index in [2.05, 4.69) is 50.8 Å². The molecule has 18 heteroatoms. The Morgan fingerprint density at radius 1 is 1.02 bits per heavy atom. The minimum absolute atomic E-state index is 0.0922. The molecule has 0 bridgehead atoms. The number of nitro benzene ring substituents is 1. The summed E-state index contributed by atoms with van der Waals surface area (Å²) in [6.07, 6.45) is 4.32. The first kappa shape index (κ1) is 44.5. The Kier molecular flexibility index (Phi) is 12.5. The Morgan fingerprint density at radius 2 is 1.82 bits per heavy atom. The number of allylic oxidation sites excluding steroid dienone is 1. The summed E-state index contributed by atoms with van der Waals surface area (Å²) in [5.41, 5.74) is 6.68. The summed E-state index contributed by atoms with van der Waals surface area (Å²) in [6, 6.07) is 20.9. The van der Waals surface area contributed by atoms with Crippen LogP contribution in [0.4, 0.5) is 28.4 Å². The number of halogens is 1. The molecule has 5 aromatic rings. The van der Waals surface area contributed by atoms with E-state index < -0.39 is 31.4 Å². The number of anilines is 4. The van der Waals surface area contributed by atoms with Gasteiger partial charge in [-0.15, -0.1) is 0 Å². The van der Waals surface area contributed by atoms with Gasteiger partial charge in [0.15, 0.2) is 0 Å². The van der Waals surface area contributed by atoms with E-state index in [9.17, 15) is 23.3 Å². The van der Waals surface area contributed by atoms with Crippen LogP contribution in [-0.2, 0) is 19.5 Å². The average Bonchev–Trinajstić information content (AvgIpc) is 3.76. The fourth-order valence-electron chi connectivity index (χ4n) is 9.17. The lowest BCUT2D eigenvalue weighted by molar-refractivity contribution is -0.384. The zero-order valence-corrected chi connectivity index (χ0v) is 38.2. The first-order chi connectivity index (χ1) is 31.2. The van der Waals surface area contributed by atoms with Crippen LogP contribution in [0.25, 0.3) is 16.6 Å². The largest absolute Gasteiger partial charge is 0.471 e. The van der Waals surface area contributed by atoms with Gasteiger partial charge in [-0.2, -0.15) is 4.98 Å². The highest BCUT2D eigenvalue weighted by Gasteiger charge is 2.33. The SMILES string of the molecule is C[C@H]1CN(c2cc(N3CCN(CC4=C(c5ccc(Cl)cc5)CC(C)(C)CC4)CC3)ccc2C(=O)NS(=O)(=O)c2ccc(NC[C@H]3COCCO3)c([N+](=O)[O-])c2)c2cc3cc[nH]c3nc2O1. The standard InChI is InChI=1S/C47H53ClN8O8S/c1-30-27-55(43-22-32-13-15-49-44(32)51-46(43)64-30)41-23-35(54-18-16-53(17-19-54)28-33-12-14-47(2,3)25-39(33)31-4-6-34(48)7-5-31)8-10-38(41)45(57)52-65(60,61)37-9-11-40(42(24-37)56(58)59)50-26-36-29-62-20-21-63-36/h4-11,13,15,22-24,30,36,50H,12,14,16-21,25-29H2,1-3H3,(H,49,51)(H,52,57)/t30-,36-/m0/s1. The van der Waals surface area contributed by atoms with Crippen molar-refractivity contribution in [3.05, 3.63) is 111 Å². The first-order valence-electron chi connectivity index (χ1n) is 22.0. The molecule has 3 aliphatic heterocycles. The molecule has 0 unspecified atom stereocenters. The summed E-state index contributed by atoms with van der Waals surface area (Å²) in [5, 5.41) is 16.7. The predicted octanol–water partition coefficient (Wildman–Crippen LogP) is 7.78. The highest BCUT2D eigenvalue weighted by molar-refractivity contribution is 7.90. The lowest BCUT2D eigenvalue weighted by atomic mass is 9.72. The Labute approximate surface area is 383 Å². The lowest BCUT2D eigenvalue weighted by Gasteiger charge is -2.40. The zero-order chi connectivity index (χ0) is 45.5. The molecular formula is C47H53ClN8O8S. The third-order valence-corrected chi connectivity index (χ3v) is 14.3. The number of nitro groups is 1. The number of fused-ring (bicyclic) bond motifs is 2. The van der Waals surface area contributed by atoms with Crippen LogP contribution in [-0.4, -0.2) is 112 Å². The number of pyridine rings is 1. The fraction of sp³-hybridized carbons (Fsp3) is 0.404. The van der Waals surface area contributed by atoms with Crippen molar-refractivity contribution >= 4 is 72.6 Å². The van der Waals surface area contributed by atoms with Gasteiger partial charge < -0.3 is 34.3 Å². The number of nitrogens with zero attached hydrogens (tertiary/aromatic N) is 5. The fourth-order valence-corrected chi connectivity index (χ4v) is 10.3. The third-order valence-electron chi connectivity index (χ3n) is 12.7. The van der Waals surface area contributed by atoms with Gasteiger partial charge in [-0.25, -0.2) is 13.1 Å². The number of nitrogens with one attached hydrogen (secondary N) is 3. The second-order valence-corrected chi connectivity index (χ2v) is 20.1. The number of H-pyrrole nitrogens is 1. The van der Waals surface area contributed by atoms with E-state index in [4.69, 9.17) is 30.8 Å². The smallest absolute Gasteiger partial charge is 0.293 e. The van der Waals surface area contributed by atoms with Crippen LogP contribution in [0.15, 0.2) is 89.5 Å². The lowest BCUT2D eigenvalue weighted by Crippen LogP contribution is -2.47. The normalized spacial score (nSPS) is 20.3. The zero-order valence-electron chi connectivity index (χ0n) is 36.6. The molecule has 4 aliphatic rings. The summed E-state index contributed by atoms with van der Waals surface area (Å²) in [4.78, 5) is 40.0. The number of ether oxygens (including phenoxy) is 3. The second kappa shape index (κ2) is 18.3. The Balaban J connectivity index is 0.987. The highest BCUT2D eigenvalue weighted by atomic mass is 35.5. The van der Waals surface area contributed by atoms with Crippen molar-refractivity contribution in [3.8, 4) is 5.88 Å². The number of benzene rings is 3. The molecule has 2 fully saturated rings. The summed E-state index contributed by atoms with van der Waals surface area (Å²) in [5.74, 6) is -0.522. The second-order valence-electron chi connectivity index (χ2n) is 18.0. The molecule has 2 aromatic heterocycles. The molecule has 2 saturated heterocycles. The maximum absolute atomic E-state index is 14.4. The highest BCUT2D eigenvalue weighted by Crippen LogP contribution is 2.44. The maximum Gasteiger partial charge on any atom is 0.293 e. The van der Waals surface area contributed by atoms with Crippen molar-refractivity contribution < 1.29 is 32.3 Å². The van der Waals surface area contributed by atoms with Gasteiger partial charge in [0, 0.05) is 67.6 Å². The van der Waals surface area contributed by atoms with Gasteiger partial charge in [0.2, 0.25) is 5.88 Å². The van der Waals surface area contributed by atoms with Crippen LogP contribution >= 0.6 is 11.6 Å². The van der Waals surface area contributed by atoms with Crippen molar-refractivity contribution in [2.45, 2.75) is 57.1 Å². The summed E-state index contributed by atoms with van der Waals surface area (Å²) in [7, 11) is -4.60. The minimum Gasteiger partial charge on any atom is -0.471 e. The van der Waals surface area contributed by atoms with Gasteiger partial charge in [-0.1, -0.05) is 43.2 Å². The molecular weight excluding hydrogens is 872 g/mol. The molecule has 2 atom stereocenters. The van der Waals surface area contributed by atoms with E-state index in [0.717, 1.165) is 74.1 Å². The average molecular weight is 926 g/mol. The quantitative estimate of drug-likeness (QED) is 0.0815. The molecule has 5 heterocycles. The summed E-state index contributed by atoms with van der Waals surface area (Å²) >= 11 is 6.27. The van der Waals surface area contributed by atoms with Crippen molar-refractivity contribution in [1.82, 2.24) is 19.6 Å². The monoisotopic (exact) mass is 924 g/mol. The van der Waals surface area contributed by atoms with E-state index in [0.29, 0.717) is 49.3 Å². The number of aromatic amines is 1. The van der Waals surface area contributed by atoms with E-state index in [1.807, 2.05) is 48.2 Å². The van der Waals surface area contributed by atoms with Crippen molar-refractivity contribution in [2.75, 3.05) is 80.8 Å². The summed E-state index contributed by atoms with van der Waals surface area (Å²) < 4.78 is 47.3. The topological polar surface area (TPSA) is 185 Å². The number of carbonyl (C=O) groups is 1. The molecule has 1 amide bonds. The molecule has 16 nitrogen and oxygen atoms in total. The van der Waals surface area contributed by atoms with Crippen LogP contribution in [0.3, 0.4) is 0 Å². The molecule has 342 valence electrons. The summed E-state index contributed by atoms with van der Waals surface area (Å²) in [6.45, 7) is 12.4. The van der Waals surface area contributed by atoms with Crippen LogP contribution in [0.5, 0.6) is 5.88 Å². The van der Waals surface area contributed by atoms with Gasteiger partial charge in [0.25, 0.3) is 21.6 Å². The predicted molar refractivity (Wildman–Crippen MR) is 251 cm³/mol. The number of carbonyl (C=O) groups excluding carboxylic acids is 1. The van der Waals surface area contributed by atoms with E-state index in [1.54, 1.807) is 12.3 Å². The molecule has 9 rings (SSSR count). The molecule has 3 N–H and O–H groups in total. The molecule has 65 heavy (non-hydrogen) atoms. The molecule has 0 spiro atoms. The third kappa shape index (κ3) is 9.80. The van der Waals surface area contributed by atoms with Crippen LogP contribution in [0.2, 0.25) is 5.02 Å². The van der Waals surface area contributed by atoms with Crippen molar-refractivity contribution in [2.24, 2.45) is 5.41 Å². The van der Waals surface area contributed by atoms with Gasteiger partial charge in [0.05, 0.1) is 53.5 Å². The number of piperazine rings is 1. The number of hydrogen-bond acceptors (Lipinski definition) is 13. The van der Waals surface area contributed by atoms with Crippen LogP contribution in [0, 0.1) is 15.5 Å². The maximum atomic E-state index is 14.4. The minimum atomic E-state index is -4.60. The Morgan fingerprint density at radius 3 is 2.57 bits per heavy atom. The number of aromatic nitrogens is 2. The van der Waals surface area contributed by atoms with Crippen LogP contribution in [0.1, 0.15) is 56.0 Å². The Bertz CT molecular complexity index is 2750. The van der Waals surface area contributed by atoms with Gasteiger partial charge in [-0.3, -0.25) is 19.8 Å². The number of rotatable bonds is 12. The number of hydrogen-bond donors (Lipinski definition) is 3. The number of amides is 1. The van der Waals surface area contributed by atoms with E-state index in [1.165, 1.54) is 28.8 Å². The van der Waals surface area contributed by atoms with Gasteiger partial charge >= 0.3 is 0 Å². The van der Waals surface area contributed by atoms with Gasteiger partial charge in [0.1, 0.15) is 23.1 Å². The first-order valence-corrected chi connectivity index (χ1v) is 23.9. The Hall–Kier alpha value is -5.72. The van der Waals surface area contributed by atoms with Gasteiger partial charge in [-0.05, 0) is 97.3 Å². The molecule has 1 aliphatic carbocycles.